The molecule has 0 aliphatic heterocycles. The maximum absolute atomic E-state index is 12.2. The molecule has 0 saturated heterocycles. The van der Waals surface area contributed by atoms with Crippen LogP contribution in [0.2, 0.25) is 0 Å². The van der Waals surface area contributed by atoms with Crippen molar-refractivity contribution in [3.63, 3.8) is 0 Å². The topological polar surface area (TPSA) is 70.4 Å². The predicted molar refractivity (Wildman–Crippen MR) is 141 cm³/mol. The standard InChI is InChI=1S/C26H38N2O4S2/c1-5-8-10-20(7-3)19-32-25(29)11-13-34-24-15-21(14-23(16-24)33-4)22-17-27-28(18-22)26(30)31-12-9-6-2/h14-18,20H,5-13,19H2,1-4H3. The van der Waals surface area contributed by atoms with Gasteiger partial charge in [0.05, 0.1) is 25.8 Å². The molecule has 1 atom stereocenters. The summed E-state index contributed by atoms with van der Waals surface area (Å²) in [6, 6.07) is 6.26. The molecule has 0 aliphatic carbocycles. The van der Waals surface area contributed by atoms with Gasteiger partial charge in [0.2, 0.25) is 0 Å². The minimum absolute atomic E-state index is 0.133. The van der Waals surface area contributed by atoms with Crippen molar-refractivity contribution in [3.8, 4) is 11.1 Å². The zero-order valence-electron chi connectivity index (χ0n) is 20.9. The van der Waals surface area contributed by atoms with Crippen molar-refractivity contribution >= 4 is 35.6 Å². The number of unbranched alkanes of at least 4 members (excludes halogenated alkanes) is 2. The number of thioether (sulfide) groups is 2. The molecule has 34 heavy (non-hydrogen) atoms. The minimum Gasteiger partial charge on any atom is -0.465 e. The third-order valence-corrected chi connectivity index (χ3v) is 7.22. The third-order valence-electron chi connectivity index (χ3n) is 5.54. The van der Waals surface area contributed by atoms with Gasteiger partial charge in [-0.3, -0.25) is 4.79 Å². The highest BCUT2D eigenvalue weighted by Crippen LogP contribution is 2.31. The van der Waals surface area contributed by atoms with Crippen LogP contribution in [0.5, 0.6) is 0 Å². The van der Waals surface area contributed by atoms with Crippen LogP contribution in [-0.2, 0) is 14.3 Å². The summed E-state index contributed by atoms with van der Waals surface area (Å²) in [5.41, 5.74) is 1.83. The van der Waals surface area contributed by atoms with Gasteiger partial charge in [-0.05, 0) is 48.8 Å². The highest BCUT2D eigenvalue weighted by Gasteiger charge is 2.13. The van der Waals surface area contributed by atoms with E-state index in [2.05, 4.69) is 37.1 Å². The van der Waals surface area contributed by atoms with Gasteiger partial charge in [-0.15, -0.1) is 23.5 Å². The van der Waals surface area contributed by atoms with E-state index in [0.717, 1.165) is 46.6 Å². The van der Waals surface area contributed by atoms with Gasteiger partial charge in [-0.25, -0.2) is 4.79 Å². The Hall–Kier alpha value is -1.93. The Morgan fingerprint density at radius 3 is 2.50 bits per heavy atom. The molecule has 188 valence electrons. The second-order valence-electron chi connectivity index (χ2n) is 8.24. The average molecular weight is 507 g/mol. The molecule has 1 heterocycles. The lowest BCUT2D eigenvalue weighted by molar-refractivity contribution is -0.144. The zero-order valence-corrected chi connectivity index (χ0v) is 22.5. The van der Waals surface area contributed by atoms with Crippen LogP contribution in [-0.4, -0.2) is 47.1 Å². The second kappa shape index (κ2) is 15.9. The quantitative estimate of drug-likeness (QED) is 0.143. The Morgan fingerprint density at radius 1 is 1.03 bits per heavy atom. The van der Waals surface area contributed by atoms with Gasteiger partial charge in [0.1, 0.15) is 0 Å². The van der Waals surface area contributed by atoms with Gasteiger partial charge in [0, 0.05) is 27.3 Å². The summed E-state index contributed by atoms with van der Waals surface area (Å²) in [7, 11) is 0. The van der Waals surface area contributed by atoms with Crippen LogP contribution in [0.1, 0.15) is 65.7 Å². The van der Waals surface area contributed by atoms with E-state index in [1.807, 2.05) is 13.2 Å². The largest absolute Gasteiger partial charge is 0.465 e. The predicted octanol–water partition coefficient (Wildman–Crippen LogP) is 7.30. The van der Waals surface area contributed by atoms with Crippen LogP contribution in [0.3, 0.4) is 0 Å². The summed E-state index contributed by atoms with van der Waals surface area (Å²) >= 11 is 3.29. The maximum atomic E-state index is 12.2. The summed E-state index contributed by atoms with van der Waals surface area (Å²) in [5, 5.41) is 4.17. The molecule has 2 rings (SSSR count). The SMILES string of the molecule is CCCCOC(=O)n1cc(-c2cc(SC)cc(SCCC(=O)OCC(CC)CCCC)c2)cn1. The number of rotatable bonds is 15. The molecule has 8 heteroatoms. The van der Waals surface area contributed by atoms with Crippen LogP contribution in [0.4, 0.5) is 4.79 Å². The first kappa shape index (κ1) is 28.3. The molecule has 0 N–H and O–H groups in total. The van der Waals surface area contributed by atoms with Crippen molar-refractivity contribution in [3.05, 3.63) is 30.6 Å². The van der Waals surface area contributed by atoms with Gasteiger partial charge in [0.15, 0.2) is 0 Å². The number of hydrogen-bond acceptors (Lipinski definition) is 7. The molecule has 1 unspecified atom stereocenters. The van der Waals surface area contributed by atoms with E-state index in [4.69, 9.17) is 9.47 Å². The Kier molecular flexibility index (Phi) is 13.2. The average Bonchev–Trinajstić information content (AvgIpc) is 3.35. The van der Waals surface area contributed by atoms with Crippen molar-refractivity contribution in [2.24, 2.45) is 5.92 Å². The maximum Gasteiger partial charge on any atom is 0.434 e. The van der Waals surface area contributed by atoms with Crippen LogP contribution in [0.25, 0.3) is 11.1 Å². The summed E-state index contributed by atoms with van der Waals surface area (Å²) in [5.74, 6) is 0.985. The molecule has 6 nitrogen and oxygen atoms in total. The molecule has 1 aromatic heterocycles. The molecular formula is C26H38N2O4S2. The molecule has 0 amide bonds. The lowest BCUT2D eigenvalue weighted by Crippen LogP contribution is -2.14. The first-order chi connectivity index (χ1) is 16.5. The molecule has 0 fully saturated rings. The first-order valence-corrected chi connectivity index (χ1v) is 14.4. The van der Waals surface area contributed by atoms with Crippen LogP contribution >= 0.6 is 23.5 Å². The molecule has 0 bridgehead atoms. The van der Waals surface area contributed by atoms with Gasteiger partial charge in [-0.1, -0.05) is 46.5 Å². The van der Waals surface area contributed by atoms with Gasteiger partial charge >= 0.3 is 12.1 Å². The highest BCUT2D eigenvalue weighted by atomic mass is 32.2. The smallest absolute Gasteiger partial charge is 0.434 e. The molecule has 2 aromatic rings. The van der Waals surface area contributed by atoms with E-state index < -0.39 is 6.09 Å². The van der Waals surface area contributed by atoms with Crippen LogP contribution < -0.4 is 0 Å². The lowest BCUT2D eigenvalue weighted by atomic mass is 10.0. The van der Waals surface area contributed by atoms with Crippen molar-refractivity contribution in [2.45, 2.75) is 75.5 Å². The minimum atomic E-state index is -0.464. The van der Waals surface area contributed by atoms with Gasteiger partial charge < -0.3 is 9.47 Å². The van der Waals surface area contributed by atoms with E-state index in [9.17, 15) is 9.59 Å². The number of benzene rings is 1. The summed E-state index contributed by atoms with van der Waals surface area (Å²) in [4.78, 5) is 26.5. The Morgan fingerprint density at radius 2 is 1.79 bits per heavy atom. The Balaban J connectivity index is 1.93. The molecule has 0 spiro atoms. The number of aromatic nitrogens is 2. The van der Waals surface area contributed by atoms with Gasteiger partial charge in [0.25, 0.3) is 0 Å². The summed E-state index contributed by atoms with van der Waals surface area (Å²) in [6.45, 7) is 7.31. The number of ether oxygens (including phenoxy) is 2. The number of hydrogen-bond donors (Lipinski definition) is 0. The fourth-order valence-electron chi connectivity index (χ4n) is 3.31. The third kappa shape index (κ3) is 9.74. The van der Waals surface area contributed by atoms with E-state index in [0.29, 0.717) is 31.3 Å². The highest BCUT2D eigenvalue weighted by molar-refractivity contribution is 7.99. The molecule has 0 aliphatic rings. The number of carbonyl (C=O) groups excluding carboxylic acids is 2. The van der Waals surface area contributed by atoms with E-state index in [1.54, 1.807) is 35.9 Å². The van der Waals surface area contributed by atoms with Crippen LogP contribution in [0.15, 0.2) is 40.4 Å². The normalized spacial score (nSPS) is 11.9. The summed E-state index contributed by atoms with van der Waals surface area (Å²) < 4.78 is 12.0. The van der Waals surface area contributed by atoms with Crippen molar-refractivity contribution in [2.75, 3.05) is 25.2 Å². The second-order valence-corrected chi connectivity index (χ2v) is 10.3. The Bertz CT molecular complexity index is 901. The fourth-order valence-corrected chi connectivity index (χ4v) is 4.80. The molecule has 0 saturated carbocycles. The monoisotopic (exact) mass is 506 g/mol. The lowest BCUT2D eigenvalue weighted by Gasteiger charge is -2.14. The molecular weight excluding hydrogens is 468 g/mol. The van der Waals surface area contributed by atoms with Crippen molar-refractivity contribution < 1.29 is 19.1 Å². The first-order valence-electron chi connectivity index (χ1n) is 12.2. The molecule has 0 radical (unpaired) electrons. The van der Waals surface area contributed by atoms with E-state index in [-0.39, 0.29) is 5.97 Å². The van der Waals surface area contributed by atoms with E-state index >= 15 is 0 Å². The summed E-state index contributed by atoms with van der Waals surface area (Å²) in [6.07, 6.45) is 11.6. The van der Waals surface area contributed by atoms with Crippen molar-refractivity contribution in [1.82, 2.24) is 9.78 Å². The number of nitrogens with zero attached hydrogens (tertiary/aromatic N) is 2. The van der Waals surface area contributed by atoms with E-state index in [1.165, 1.54) is 17.5 Å². The Labute approximate surface area is 212 Å². The molecule has 1 aromatic carbocycles. The number of esters is 1. The zero-order chi connectivity index (χ0) is 24.8. The fraction of sp³-hybridized carbons (Fsp3) is 0.577. The number of carbonyl (C=O) groups is 2. The van der Waals surface area contributed by atoms with Crippen molar-refractivity contribution in [1.29, 1.82) is 0 Å². The van der Waals surface area contributed by atoms with Crippen LogP contribution in [0, 0.1) is 5.92 Å². The van der Waals surface area contributed by atoms with Gasteiger partial charge in [-0.2, -0.15) is 9.78 Å².